The Bertz CT molecular complexity index is 851. The molecule has 0 bridgehead atoms. The summed E-state index contributed by atoms with van der Waals surface area (Å²) in [7, 11) is -3.37. The third-order valence-electron chi connectivity index (χ3n) is 3.36. The Balaban J connectivity index is 2.03. The molecule has 0 saturated carbocycles. The smallest absolute Gasteiger partial charge is 0.345 e. The van der Waals surface area contributed by atoms with Crippen LogP contribution < -0.4 is 5.32 Å². The van der Waals surface area contributed by atoms with Crippen LogP contribution in [0.1, 0.15) is 38.8 Å². The number of carbonyl (C=O) groups is 2. The van der Waals surface area contributed by atoms with Gasteiger partial charge in [-0.2, -0.15) is 0 Å². The number of thiophene rings is 1. The van der Waals surface area contributed by atoms with Gasteiger partial charge in [0.2, 0.25) is 0 Å². The predicted octanol–water partition coefficient (Wildman–Crippen LogP) is 2.56. The van der Waals surface area contributed by atoms with Crippen LogP contribution in [0.2, 0.25) is 0 Å². The first kappa shape index (κ1) is 18.2. The molecule has 0 aliphatic heterocycles. The Hall–Kier alpha value is -2.19. The molecule has 0 aliphatic rings. The molecule has 0 spiro atoms. The maximum atomic E-state index is 12.1. The lowest BCUT2D eigenvalue weighted by Crippen LogP contribution is -2.22. The molecule has 2 N–H and O–H groups in total. The first-order chi connectivity index (χ1) is 11.2. The van der Waals surface area contributed by atoms with Gasteiger partial charge >= 0.3 is 5.97 Å². The van der Waals surface area contributed by atoms with Crippen molar-refractivity contribution in [3.05, 3.63) is 51.7 Å². The van der Waals surface area contributed by atoms with E-state index in [1.807, 2.05) is 0 Å². The number of hydrogen-bond donors (Lipinski definition) is 2. The minimum Gasteiger partial charge on any atom is -0.477 e. The van der Waals surface area contributed by atoms with Crippen molar-refractivity contribution in [2.24, 2.45) is 0 Å². The summed E-state index contributed by atoms with van der Waals surface area (Å²) in [6.45, 7) is 3.41. The van der Waals surface area contributed by atoms with E-state index < -0.39 is 21.1 Å². The van der Waals surface area contributed by atoms with Crippen molar-refractivity contribution in [2.45, 2.75) is 30.5 Å². The van der Waals surface area contributed by atoms with Gasteiger partial charge in [0, 0.05) is 10.4 Å². The first-order valence-corrected chi connectivity index (χ1v) is 9.52. The summed E-state index contributed by atoms with van der Waals surface area (Å²) in [5.74, 6) is -1.35. The van der Waals surface area contributed by atoms with Gasteiger partial charge in [0.05, 0.1) is 16.7 Å². The molecular weight excluding hydrogens is 350 g/mol. The molecule has 1 amide bonds. The quantitative estimate of drug-likeness (QED) is 0.817. The van der Waals surface area contributed by atoms with E-state index in [0.29, 0.717) is 5.56 Å². The highest BCUT2D eigenvalue weighted by molar-refractivity contribution is 7.92. The average molecular weight is 367 g/mol. The molecule has 2 rings (SSSR count). The molecule has 6 nitrogen and oxygen atoms in total. The lowest BCUT2D eigenvalue weighted by molar-refractivity contribution is 0.0702. The van der Waals surface area contributed by atoms with Crippen molar-refractivity contribution in [2.75, 3.05) is 0 Å². The Morgan fingerprint density at radius 1 is 1.12 bits per heavy atom. The molecule has 0 fully saturated rings. The van der Waals surface area contributed by atoms with Gasteiger partial charge in [-0.15, -0.1) is 11.3 Å². The van der Waals surface area contributed by atoms with Crippen LogP contribution in [0.4, 0.5) is 0 Å². The molecule has 0 unspecified atom stereocenters. The van der Waals surface area contributed by atoms with Crippen LogP contribution in [0.5, 0.6) is 0 Å². The van der Waals surface area contributed by atoms with E-state index in [1.54, 1.807) is 19.9 Å². The molecular formula is C16H17NO5S2. The highest BCUT2D eigenvalue weighted by atomic mass is 32.2. The summed E-state index contributed by atoms with van der Waals surface area (Å²) in [6, 6.07) is 8.88. The third-order valence-corrected chi connectivity index (χ3v) is 6.60. The zero-order valence-electron chi connectivity index (χ0n) is 13.1. The number of amides is 1. The monoisotopic (exact) mass is 367 g/mol. The number of rotatable bonds is 6. The molecule has 8 heteroatoms. The average Bonchev–Trinajstić information content (AvgIpc) is 3.02. The van der Waals surface area contributed by atoms with Crippen molar-refractivity contribution in [3.8, 4) is 0 Å². The fourth-order valence-corrected chi connectivity index (χ4v) is 3.77. The van der Waals surface area contributed by atoms with Gasteiger partial charge in [0.25, 0.3) is 5.91 Å². The van der Waals surface area contributed by atoms with E-state index in [2.05, 4.69) is 5.32 Å². The van der Waals surface area contributed by atoms with Crippen LogP contribution in [-0.2, 0) is 16.4 Å². The molecule has 1 aromatic carbocycles. The summed E-state index contributed by atoms with van der Waals surface area (Å²) < 4.78 is 24.1. The largest absolute Gasteiger partial charge is 0.477 e. The number of nitrogens with one attached hydrogen (secondary N) is 1. The molecule has 1 aromatic heterocycles. The minimum atomic E-state index is -3.37. The molecule has 1 heterocycles. The molecule has 128 valence electrons. The fourth-order valence-electron chi connectivity index (χ4n) is 1.93. The molecule has 0 atom stereocenters. The van der Waals surface area contributed by atoms with Crippen LogP contribution in [0.25, 0.3) is 0 Å². The second kappa shape index (κ2) is 7.14. The van der Waals surface area contributed by atoms with Gasteiger partial charge in [0.1, 0.15) is 4.88 Å². The van der Waals surface area contributed by atoms with Gasteiger partial charge in [-0.1, -0.05) is 0 Å². The van der Waals surface area contributed by atoms with Crippen LogP contribution in [0, 0.1) is 0 Å². The second-order valence-corrected chi connectivity index (χ2v) is 9.04. The molecule has 0 aliphatic carbocycles. The highest BCUT2D eigenvalue weighted by Gasteiger charge is 2.19. The van der Waals surface area contributed by atoms with Crippen molar-refractivity contribution in [3.63, 3.8) is 0 Å². The number of sulfone groups is 1. The number of benzene rings is 1. The molecule has 0 radical (unpaired) electrons. The van der Waals surface area contributed by atoms with Crippen molar-refractivity contribution in [1.82, 2.24) is 5.32 Å². The van der Waals surface area contributed by atoms with Crippen LogP contribution >= 0.6 is 11.3 Å². The van der Waals surface area contributed by atoms with E-state index in [-0.39, 0.29) is 22.2 Å². The first-order valence-electron chi connectivity index (χ1n) is 7.16. The predicted molar refractivity (Wildman–Crippen MR) is 91.2 cm³/mol. The van der Waals surface area contributed by atoms with Crippen molar-refractivity contribution < 1.29 is 23.1 Å². The Morgan fingerprint density at radius 2 is 1.75 bits per heavy atom. The zero-order valence-corrected chi connectivity index (χ0v) is 14.8. The summed E-state index contributed by atoms with van der Waals surface area (Å²) in [5.41, 5.74) is 0.340. The number of carboxylic acid groups (broad SMARTS) is 1. The lowest BCUT2D eigenvalue weighted by Gasteiger charge is -2.08. The zero-order chi connectivity index (χ0) is 17.9. The third kappa shape index (κ3) is 4.01. The van der Waals surface area contributed by atoms with E-state index in [1.165, 1.54) is 30.3 Å². The summed E-state index contributed by atoms with van der Waals surface area (Å²) in [5, 5.41) is 11.0. The summed E-state index contributed by atoms with van der Waals surface area (Å²) >= 11 is 1.09. The van der Waals surface area contributed by atoms with E-state index in [4.69, 9.17) is 5.11 Å². The van der Waals surface area contributed by atoms with E-state index >= 15 is 0 Å². The Kier molecular flexibility index (Phi) is 5.40. The number of carbonyl (C=O) groups excluding carboxylic acids is 1. The van der Waals surface area contributed by atoms with Crippen LogP contribution in [0.15, 0.2) is 41.3 Å². The summed E-state index contributed by atoms with van der Waals surface area (Å²) in [6.07, 6.45) is 0. The molecule has 2 aromatic rings. The highest BCUT2D eigenvalue weighted by Crippen LogP contribution is 2.18. The van der Waals surface area contributed by atoms with Crippen LogP contribution in [0.3, 0.4) is 0 Å². The van der Waals surface area contributed by atoms with Gasteiger partial charge in [0.15, 0.2) is 9.84 Å². The standard InChI is InChI=1S/C16H17NO5S2/c1-10(2)24(21,22)13-6-3-11(4-7-13)15(18)17-9-12-5-8-14(23-12)16(19)20/h3-8,10H,9H2,1-2H3,(H,17,18)(H,19,20). The summed E-state index contributed by atoms with van der Waals surface area (Å²) in [4.78, 5) is 24.0. The Morgan fingerprint density at radius 3 is 2.25 bits per heavy atom. The maximum Gasteiger partial charge on any atom is 0.345 e. The Labute approximate surface area is 144 Å². The lowest BCUT2D eigenvalue weighted by atomic mass is 10.2. The van der Waals surface area contributed by atoms with Gasteiger partial charge < -0.3 is 10.4 Å². The van der Waals surface area contributed by atoms with Gasteiger partial charge in [-0.05, 0) is 50.2 Å². The topological polar surface area (TPSA) is 101 Å². The number of carboxylic acids is 1. The number of hydrogen-bond acceptors (Lipinski definition) is 5. The fraction of sp³-hybridized carbons (Fsp3) is 0.250. The normalized spacial score (nSPS) is 11.5. The van der Waals surface area contributed by atoms with Crippen molar-refractivity contribution >= 4 is 33.1 Å². The second-order valence-electron chi connectivity index (χ2n) is 5.37. The SMILES string of the molecule is CC(C)S(=O)(=O)c1ccc(C(=O)NCc2ccc(C(=O)O)s2)cc1. The van der Waals surface area contributed by atoms with Gasteiger partial charge in [-0.3, -0.25) is 4.79 Å². The van der Waals surface area contributed by atoms with Crippen molar-refractivity contribution in [1.29, 1.82) is 0 Å². The maximum absolute atomic E-state index is 12.1. The van der Waals surface area contributed by atoms with Crippen LogP contribution in [-0.4, -0.2) is 30.7 Å². The number of aromatic carboxylic acids is 1. The van der Waals surface area contributed by atoms with Gasteiger partial charge in [-0.25, -0.2) is 13.2 Å². The molecule has 24 heavy (non-hydrogen) atoms. The van der Waals surface area contributed by atoms with E-state index in [0.717, 1.165) is 16.2 Å². The molecule has 0 saturated heterocycles. The minimum absolute atomic E-state index is 0.179. The van der Waals surface area contributed by atoms with E-state index in [9.17, 15) is 18.0 Å².